The first kappa shape index (κ1) is 15.8. The normalized spacial score (nSPS) is 11.1. The van der Waals surface area contributed by atoms with Crippen LogP contribution in [0.15, 0.2) is 24.3 Å². The molecular weight excluding hydrogens is 236 g/mol. The van der Waals surface area contributed by atoms with Crippen molar-refractivity contribution in [1.82, 2.24) is 5.32 Å². The Morgan fingerprint density at radius 3 is 2.26 bits per heavy atom. The summed E-state index contributed by atoms with van der Waals surface area (Å²) in [6, 6.07) is 8.73. The largest absolute Gasteiger partial charge is 0.494 e. The molecule has 0 spiro atoms. The smallest absolute Gasteiger partial charge is 0.119 e. The third kappa shape index (κ3) is 7.73. The van der Waals surface area contributed by atoms with Gasteiger partial charge in [-0.1, -0.05) is 27.7 Å². The second kappa shape index (κ2) is 8.81. The summed E-state index contributed by atoms with van der Waals surface area (Å²) in [7, 11) is 0. The maximum atomic E-state index is 5.69. The molecule has 0 bridgehead atoms. The molecule has 0 saturated heterocycles. The van der Waals surface area contributed by atoms with E-state index in [-0.39, 0.29) is 0 Å². The maximum absolute atomic E-state index is 5.69. The summed E-state index contributed by atoms with van der Waals surface area (Å²) in [5.74, 6) is 1.64. The van der Waals surface area contributed by atoms with Gasteiger partial charge in [-0.3, -0.25) is 0 Å². The van der Waals surface area contributed by atoms with E-state index in [9.17, 15) is 0 Å². The standard InChI is InChI=1S/C16H28N2O/c1-13(2)9-12-19-16-7-5-15(6-8-16)18-11-10-17-14(3)4/h5-8,13-14,17-18H,9-12H2,1-4H3. The topological polar surface area (TPSA) is 33.3 Å². The van der Waals surface area contributed by atoms with Crippen molar-refractivity contribution in [3.05, 3.63) is 24.3 Å². The van der Waals surface area contributed by atoms with Gasteiger partial charge in [0.1, 0.15) is 5.75 Å². The van der Waals surface area contributed by atoms with Crippen LogP contribution in [-0.4, -0.2) is 25.7 Å². The van der Waals surface area contributed by atoms with Gasteiger partial charge in [-0.15, -0.1) is 0 Å². The van der Waals surface area contributed by atoms with Crippen molar-refractivity contribution < 1.29 is 4.74 Å². The quantitative estimate of drug-likeness (QED) is 0.670. The van der Waals surface area contributed by atoms with Crippen LogP contribution in [-0.2, 0) is 0 Å². The van der Waals surface area contributed by atoms with Crippen LogP contribution in [0.2, 0.25) is 0 Å². The summed E-state index contributed by atoms with van der Waals surface area (Å²) in [6.45, 7) is 11.4. The third-order valence-electron chi connectivity index (χ3n) is 2.82. The van der Waals surface area contributed by atoms with E-state index >= 15 is 0 Å². The molecule has 3 nitrogen and oxygen atoms in total. The highest BCUT2D eigenvalue weighted by atomic mass is 16.5. The zero-order chi connectivity index (χ0) is 14.1. The summed E-state index contributed by atoms with van der Waals surface area (Å²) in [5.41, 5.74) is 1.14. The molecule has 0 aliphatic heterocycles. The first-order valence-electron chi connectivity index (χ1n) is 7.28. The van der Waals surface area contributed by atoms with Crippen LogP contribution in [0.25, 0.3) is 0 Å². The van der Waals surface area contributed by atoms with Crippen molar-refractivity contribution in [2.24, 2.45) is 5.92 Å². The fourth-order valence-corrected chi connectivity index (χ4v) is 1.65. The van der Waals surface area contributed by atoms with E-state index in [0.717, 1.165) is 37.6 Å². The van der Waals surface area contributed by atoms with Crippen LogP contribution in [0.1, 0.15) is 34.1 Å². The Balaban J connectivity index is 2.23. The molecule has 108 valence electrons. The average Bonchev–Trinajstić information content (AvgIpc) is 2.36. The van der Waals surface area contributed by atoms with E-state index in [1.165, 1.54) is 0 Å². The molecule has 0 unspecified atom stereocenters. The number of nitrogens with one attached hydrogen (secondary N) is 2. The molecular formula is C16H28N2O. The van der Waals surface area contributed by atoms with E-state index in [2.05, 4.69) is 50.5 Å². The van der Waals surface area contributed by atoms with Crippen LogP contribution < -0.4 is 15.4 Å². The Kier molecular flexibility index (Phi) is 7.34. The molecule has 0 saturated carbocycles. The summed E-state index contributed by atoms with van der Waals surface area (Å²) in [6.07, 6.45) is 1.10. The van der Waals surface area contributed by atoms with Gasteiger partial charge in [0, 0.05) is 24.8 Å². The molecule has 3 heteroatoms. The van der Waals surface area contributed by atoms with Gasteiger partial charge in [-0.25, -0.2) is 0 Å². The Bertz CT molecular complexity index is 333. The molecule has 0 aromatic heterocycles. The maximum Gasteiger partial charge on any atom is 0.119 e. The Morgan fingerprint density at radius 2 is 1.68 bits per heavy atom. The Hall–Kier alpha value is -1.22. The van der Waals surface area contributed by atoms with Crippen LogP contribution in [0.5, 0.6) is 5.75 Å². The van der Waals surface area contributed by atoms with Crippen molar-refractivity contribution in [3.63, 3.8) is 0 Å². The second-order valence-electron chi connectivity index (χ2n) is 5.59. The van der Waals surface area contributed by atoms with E-state index < -0.39 is 0 Å². The summed E-state index contributed by atoms with van der Waals surface area (Å²) in [5, 5.41) is 6.76. The first-order valence-corrected chi connectivity index (χ1v) is 7.28. The molecule has 0 fully saturated rings. The molecule has 0 aliphatic rings. The average molecular weight is 264 g/mol. The van der Waals surface area contributed by atoms with Crippen molar-refractivity contribution in [2.45, 2.75) is 40.2 Å². The molecule has 2 N–H and O–H groups in total. The Morgan fingerprint density at radius 1 is 1.00 bits per heavy atom. The molecule has 1 aromatic carbocycles. The summed E-state index contributed by atoms with van der Waals surface area (Å²) >= 11 is 0. The van der Waals surface area contributed by atoms with E-state index in [1.807, 2.05) is 12.1 Å². The molecule has 1 aromatic rings. The summed E-state index contributed by atoms with van der Waals surface area (Å²) < 4.78 is 5.69. The van der Waals surface area contributed by atoms with Gasteiger partial charge in [0.25, 0.3) is 0 Å². The first-order chi connectivity index (χ1) is 9.08. The van der Waals surface area contributed by atoms with Gasteiger partial charge in [0.15, 0.2) is 0 Å². The summed E-state index contributed by atoms with van der Waals surface area (Å²) in [4.78, 5) is 0. The second-order valence-corrected chi connectivity index (χ2v) is 5.59. The molecule has 0 amide bonds. The van der Waals surface area contributed by atoms with Crippen molar-refractivity contribution >= 4 is 5.69 Å². The predicted octanol–water partition coefficient (Wildman–Crippen LogP) is 3.52. The van der Waals surface area contributed by atoms with Gasteiger partial charge in [-0.2, -0.15) is 0 Å². The minimum Gasteiger partial charge on any atom is -0.494 e. The van der Waals surface area contributed by atoms with E-state index in [4.69, 9.17) is 4.74 Å². The molecule has 19 heavy (non-hydrogen) atoms. The molecule has 0 aliphatic carbocycles. The number of rotatable bonds is 9. The van der Waals surface area contributed by atoms with Crippen molar-refractivity contribution in [1.29, 1.82) is 0 Å². The number of anilines is 1. The highest BCUT2D eigenvalue weighted by molar-refractivity contribution is 5.46. The molecule has 0 radical (unpaired) electrons. The van der Waals surface area contributed by atoms with E-state index in [1.54, 1.807) is 0 Å². The van der Waals surface area contributed by atoms with Gasteiger partial charge in [-0.05, 0) is 36.6 Å². The van der Waals surface area contributed by atoms with Crippen LogP contribution >= 0.6 is 0 Å². The monoisotopic (exact) mass is 264 g/mol. The van der Waals surface area contributed by atoms with Gasteiger partial charge in [0.2, 0.25) is 0 Å². The number of ether oxygens (including phenoxy) is 1. The zero-order valence-electron chi connectivity index (χ0n) is 12.7. The minimum absolute atomic E-state index is 0.540. The number of hydrogen-bond donors (Lipinski definition) is 2. The lowest BCUT2D eigenvalue weighted by Crippen LogP contribution is -2.28. The lowest BCUT2D eigenvalue weighted by atomic mass is 10.1. The van der Waals surface area contributed by atoms with Crippen molar-refractivity contribution in [3.8, 4) is 5.75 Å². The van der Waals surface area contributed by atoms with Crippen LogP contribution in [0.3, 0.4) is 0 Å². The zero-order valence-corrected chi connectivity index (χ0v) is 12.7. The molecule has 0 atom stereocenters. The van der Waals surface area contributed by atoms with Gasteiger partial charge in [0.05, 0.1) is 6.61 Å². The third-order valence-corrected chi connectivity index (χ3v) is 2.82. The highest BCUT2D eigenvalue weighted by Crippen LogP contribution is 2.16. The minimum atomic E-state index is 0.540. The lowest BCUT2D eigenvalue weighted by Gasteiger charge is -2.11. The van der Waals surface area contributed by atoms with Gasteiger partial charge >= 0.3 is 0 Å². The Labute approximate surface area is 117 Å². The highest BCUT2D eigenvalue weighted by Gasteiger charge is 1.98. The SMILES string of the molecule is CC(C)CCOc1ccc(NCCNC(C)C)cc1. The van der Waals surface area contributed by atoms with E-state index in [0.29, 0.717) is 12.0 Å². The van der Waals surface area contributed by atoms with Crippen LogP contribution in [0, 0.1) is 5.92 Å². The molecule has 1 rings (SSSR count). The number of hydrogen-bond acceptors (Lipinski definition) is 3. The van der Waals surface area contributed by atoms with Crippen LogP contribution in [0.4, 0.5) is 5.69 Å². The predicted molar refractivity (Wildman–Crippen MR) is 83.0 cm³/mol. The number of benzene rings is 1. The fourth-order valence-electron chi connectivity index (χ4n) is 1.65. The lowest BCUT2D eigenvalue weighted by molar-refractivity contribution is 0.289. The van der Waals surface area contributed by atoms with Crippen molar-refractivity contribution in [2.75, 3.05) is 25.0 Å². The molecule has 0 heterocycles. The fraction of sp³-hybridized carbons (Fsp3) is 0.625. The van der Waals surface area contributed by atoms with Gasteiger partial charge < -0.3 is 15.4 Å².